The SMILES string of the molecule is COc1ccc(Cl)cc1CN(C)C(=O)c1cc2ccccc2[nH]1. The van der Waals surface area contributed by atoms with Crippen molar-refractivity contribution in [3.63, 3.8) is 0 Å². The largest absolute Gasteiger partial charge is 0.496 e. The Morgan fingerprint density at radius 2 is 2.00 bits per heavy atom. The maximum atomic E-state index is 12.6. The molecule has 0 saturated carbocycles. The Hall–Kier alpha value is -2.46. The number of methoxy groups -OCH3 is 1. The normalized spacial score (nSPS) is 10.7. The summed E-state index contributed by atoms with van der Waals surface area (Å²) < 4.78 is 5.33. The molecule has 0 aliphatic heterocycles. The van der Waals surface area contributed by atoms with E-state index in [0.29, 0.717) is 23.0 Å². The van der Waals surface area contributed by atoms with Gasteiger partial charge in [-0.1, -0.05) is 29.8 Å². The Balaban J connectivity index is 1.84. The number of carbonyl (C=O) groups excluding carboxylic acids is 1. The predicted octanol–water partition coefficient (Wildman–Crippen LogP) is 4.10. The first kappa shape index (κ1) is 15.4. The number of nitrogens with zero attached hydrogens (tertiary/aromatic N) is 1. The minimum absolute atomic E-state index is 0.0803. The summed E-state index contributed by atoms with van der Waals surface area (Å²) in [6.07, 6.45) is 0. The number of para-hydroxylation sites is 1. The molecule has 1 N–H and O–H groups in total. The molecule has 0 bridgehead atoms. The van der Waals surface area contributed by atoms with Crippen molar-refractivity contribution in [2.45, 2.75) is 6.54 Å². The van der Waals surface area contributed by atoms with Crippen molar-refractivity contribution in [3.8, 4) is 5.75 Å². The Kier molecular flexibility index (Phi) is 4.26. The summed E-state index contributed by atoms with van der Waals surface area (Å²) in [6, 6.07) is 15.1. The minimum Gasteiger partial charge on any atom is -0.496 e. The van der Waals surface area contributed by atoms with Gasteiger partial charge in [-0.25, -0.2) is 0 Å². The molecule has 23 heavy (non-hydrogen) atoms. The summed E-state index contributed by atoms with van der Waals surface area (Å²) >= 11 is 6.04. The van der Waals surface area contributed by atoms with E-state index in [1.165, 1.54) is 0 Å². The second-order valence-corrected chi connectivity index (χ2v) is 5.82. The highest BCUT2D eigenvalue weighted by molar-refractivity contribution is 6.30. The number of H-pyrrole nitrogens is 1. The van der Waals surface area contributed by atoms with Crippen LogP contribution in [-0.2, 0) is 6.54 Å². The monoisotopic (exact) mass is 328 g/mol. The molecule has 0 aliphatic rings. The molecule has 1 amide bonds. The van der Waals surface area contributed by atoms with E-state index >= 15 is 0 Å². The van der Waals surface area contributed by atoms with Crippen molar-refractivity contribution in [2.24, 2.45) is 0 Å². The molecule has 0 fully saturated rings. The average molecular weight is 329 g/mol. The highest BCUT2D eigenvalue weighted by Gasteiger charge is 2.16. The number of benzene rings is 2. The van der Waals surface area contributed by atoms with Crippen LogP contribution in [0.1, 0.15) is 16.1 Å². The maximum absolute atomic E-state index is 12.6. The number of hydrogen-bond acceptors (Lipinski definition) is 2. The van der Waals surface area contributed by atoms with Crippen LogP contribution in [0.4, 0.5) is 0 Å². The van der Waals surface area contributed by atoms with Gasteiger partial charge in [0.15, 0.2) is 0 Å². The van der Waals surface area contributed by atoms with E-state index in [9.17, 15) is 4.79 Å². The van der Waals surface area contributed by atoms with Gasteiger partial charge in [0.25, 0.3) is 5.91 Å². The summed E-state index contributed by atoms with van der Waals surface area (Å²) in [7, 11) is 3.36. The minimum atomic E-state index is -0.0803. The van der Waals surface area contributed by atoms with E-state index < -0.39 is 0 Å². The smallest absolute Gasteiger partial charge is 0.270 e. The molecule has 0 atom stereocenters. The summed E-state index contributed by atoms with van der Waals surface area (Å²) in [4.78, 5) is 17.4. The highest BCUT2D eigenvalue weighted by Crippen LogP contribution is 2.24. The number of fused-ring (bicyclic) bond motifs is 1. The van der Waals surface area contributed by atoms with Crippen molar-refractivity contribution < 1.29 is 9.53 Å². The van der Waals surface area contributed by atoms with E-state index in [-0.39, 0.29) is 5.91 Å². The van der Waals surface area contributed by atoms with Gasteiger partial charge >= 0.3 is 0 Å². The number of rotatable bonds is 4. The first-order valence-corrected chi connectivity index (χ1v) is 7.62. The van der Waals surface area contributed by atoms with Crippen LogP contribution in [0.2, 0.25) is 5.02 Å². The van der Waals surface area contributed by atoms with Crippen LogP contribution in [0.3, 0.4) is 0 Å². The maximum Gasteiger partial charge on any atom is 0.270 e. The van der Waals surface area contributed by atoms with Crippen LogP contribution in [-0.4, -0.2) is 29.9 Å². The predicted molar refractivity (Wildman–Crippen MR) is 92.1 cm³/mol. The third-order valence-electron chi connectivity index (χ3n) is 3.76. The standard InChI is InChI=1S/C18H17ClN2O2/c1-21(11-13-9-14(19)7-8-17(13)23-2)18(22)16-10-12-5-3-4-6-15(12)20-16/h3-10,20H,11H2,1-2H3. The zero-order valence-electron chi connectivity index (χ0n) is 13.0. The third-order valence-corrected chi connectivity index (χ3v) is 3.99. The topological polar surface area (TPSA) is 45.3 Å². The molecule has 1 heterocycles. The molecule has 1 aromatic heterocycles. The number of amides is 1. The molecule has 0 saturated heterocycles. The van der Waals surface area contributed by atoms with Crippen molar-refractivity contribution in [3.05, 3.63) is 64.8 Å². The number of nitrogens with one attached hydrogen (secondary N) is 1. The molecule has 0 spiro atoms. The molecule has 4 nitrogen and oxygen atoms in total. The molecule has 3 aromatic rings. The number of halogens is 1. The molecule has 0 unspecified atom stereocenters. The van der Waals surface area contributed by atoms with E-state index in [1.54, 1.807) is 31.2 Å². The molecule has 0 radical (unpaired) electrons. The molecular weight excluding hydrogens is 312 g/mol. The number of carbonyl (C=O) groups is 1. The fraction of sp³-hybridized carbons (Fsp3) is 0.167. The zero-order chi connectivity index (χ0) is 16.4. The molecule has 0 aliphatic carbocycles. The van der Waals surface area contributed by atoms with Crippen LogP contribution in [0.25, 0.3) is 10.9 Å². The van der Waals surface area contributed by atoms with E-state index in [0.717, 1.165) is 16.5 Å². The zero-order valence-corrected chi connectivity index (χ0v) is 13.7. The van der Waals surface area contributed by atoms with Crippen LogP contribution >= 0.6 is 11.6 Å². The van der Waals surface area contributed by atoms with Gasteiger partial charge in [0, 0.05) is 35.1 Å². The number of aromatic amines is 1. The fourth-order valence-electron chi connectivity index (χ4n) is 2.59. The molecule has 3 rings (SSSR count). The van der Waals surface area contributed by atoms with Gasteiger partial charge in [-0.2, -0.15) is 0 Å². The number of aromatic nitrogens is 1. The Morgan fingerprint density at radius 3 is 2.74 bits per heavy atom. The van der Waals surface area contributed by atoms with Crippen molar-refractivity contribution in [1.29, 1.82) is 0 Å². The lowest BCUT2D eigenvalue weighted by Crippen LogP contribution is -2.26. The molecule has 5 heteroatoms. The summed E-state index contributed by atoms with van der Waals surface area (Å²) in [6.45, 7) is 0.415. The lowest BCUT2D eigenvalue weighted by molar-refractivity contribution is 0.0779. The Labute approximate surface area is 139 Å². The third kappa shape index (κ3) is 3.17. The quantitative estimate of drug-likeness (QED) is 0.783. The first-order chi connectivity index (χ1) is 11.1. The lowest BCUT2D eigenvalue weighted by Gasteiger charge is -2.18. The number of ether oxygens (including phenoxy) is 1. The van der Waals surface area contributed by atoms with Gasteiger partial charge in [0.2, 0.25) is 0 Å². The van der Waals surface area contributed by atoms with Gasteiger partial charge < -0.3 is 14.6 Å². The first-order valence-electron chi connectivity index (χ1n) is 7.24. The lowest BCUT2D eigenvalue weighted by atomic mass is 10.2. The van der Waals surface area contributed by atoms with Crippen LogP contribution < -0.4 is 4.74 Å². The second-order valence-electron chi connectivity index (χ2n) is 5.39. The average Bonchev–Trinajstić information content (AvgIpc) is 2.98. The summed E-state index contributed by atoms with van der Waals surface area (Å²) in [5, 5.41) is 1.64. The van der Waals surface area contributed by atoms with Crippen LogP contribution in [0.15, 0.2) is 48.5 Å². The van der Waals surface area contributed by atoms with Crippen molar-refractivity contribution in [1.82, 2.24) is 9.88 Å². The van der Waals surface area contributed by atoms with Crippen molar-refractivity contribution >= 4 is 28.4 Å². The van der Waals surface area contributed by atoms with Gasteiger partial charge in [0.1, 0.15) is 11.4 Å². The molecule has 2 aromatic carbocycles. The molecular formula is C18H17ClN2O2. The second kappa shape index (κ2) is 6.34. The summed E-state index contributed by atoms with van der Waals surface area (Å²) in [5.41, 5.74) is 2.38. The van der Waals surface area contributed by atoms with Crippen LogP contribution in [0, 0.1) is 0 Å². The van der Waals surface area contributed by atoms with Gasteiger partial charge in [-0.05, 0) is 30.3 Å². The van der Waals surface area contributed by atoms with Gasteiger partial charge in [-0.3, -0.25) is 4.79 Å². The Bertz CT molecular complexity index is 824. The van der Waals surface area contributed by atoms with Gasteiger partial charge in [0.05, 0.1) is 7.11 Å². The van der Waals surface area contributed by atoms with Crippen molar-refractivity contribution in [2.75, 3.05) is 14.2 Å². The molecule has 118 valence electrons. The van der Waals surface area contributed by atoms with E-state index in [2.05, 4.69) is 4.98 Å². The number of hydrogen-bond donors (Lipinski definition) is 1. The van der Waals surface area contributed by atoms with E-state index in [4.69, 9.17) is 16.3 Å². The fourth-order valence-corrected chi connectivity index (χ4v) is 2.79. The Morgan fingerprint density at radius 1 is 1.22 bits per heavy atom. The van der Waals surface area contributed by atoms with Gasteiger partial charge in [-0.15, -0.1) is 0 Å². The summed E-state index contributed by atoms with van der Waals surface area (Å²) in [5.74, 6) is 0.633. The highest BCUT2D eigenvalue weighted by atomic mass is 35.5. The van der Waals surface area contributed by atoms with Crippen LogP contribution in [0.5, 0.6) is 5.75 Å². The van der Waals surface area contributed by atoms with E-state index in [1.807, 2.05) is 36.4 Å².